The van der Waals surface area contributed by atoms with E-state index < -0.39 is 29.4 Å². The number of para-hydroxylation sites is 1. The van der Waals surface area contributed by atoms with Gasteiger partial charge in [0.1, 0.15) is 5.69 Å². The quantitative estimate of drug-likeness (QED) is 0.295. The van der Waals surface area contributed by atoms with Gasteiger partial charge in [0.25, 0.3) is 11.8 Å². The molecule has 1 saturated heterocycles. The van der Waals surface area contributed by atoms with Crippen molar-refractivity contribution in [2.45, 2.75) is 12.2 Å². The number of nitrogens with zero attached hydrogens (tertiary/aromatic N) is 4. The smallest absolute Gasteiger partial charge is 0.332 e. The average molecular weight is 509 g/mol. The van der Waals surface area contributed by atoms with Crippen molar-refractivity contribution in [3.8, 4) is 11.3 Å². The summed E-state index contributed by atoms with van der Waals surface area (Å²) in [6.07, 6.45) is -1.43. The normalized spacial score (nSPS) is 13.9. The number of benzene rings is 2. The molecule has 0 aliphatic carbocycles. The van der Waals surface area contributed by atoms with Crippen molar-refractivity contribution in [2.75, 3.05) is 18.4 Å². The van der Waals surface area contributed by atoms with Crippen molar-refractivity contribution in [3.63, 3.8) is 0 Å². The van der Waals surface area contributed by atoms with Gasteiger partial charge in [0.05, 0.1) is 22.7 Å². The third-order valence-corrected chi connectivity index (χ3v) is 6.12. The summed E-state index contributed by atoms with van der Waals surface area (Å²) in [6.45, 7) is 3.29. The number of likely N-dealkylation sites (tertiary alicyclic amines) is 1. The van der Waals surface area contributed by atoms with Crippen molar-refractivity contribution in [2.24, 2.45) is 0 Å². The Morgan fingerprint density at radius 1 is 1.00 bits per heavy atom. The molecule has 5 rings (SSSR count). The van der Waals surface area contributed by atoms with Crippen LogP contribution < -0.4 is 5.32 Å². The van der Waals surface area contributed by atoms with Gasteiger partial charge < -0.3 is 10.2 Å². The predicted molar refractivity (Wildman–Crippen MR) is 128 cm³/mol. The van der Waals surface area contributed by atoms with E-state index in [4.69, 9.17) is 0 Å². The van der Waals surface area contributed by atoms with Crippen LogP contribution in [0, 0.1) is 0 Å². The second-order valence-corrected chi connectivity index (χ2v) is 8.53. The van der Waals surface area contributed by atoms with Gasteiger partial charge in [-0.1, -0.05) is 30.8 Å². The maximum atomic E-state index is 13.3. The number of anilines is 1. The minimum atomic E-state index is -4.49. The Kier molecular flexibility index (Phi) is 5.98. The van der Waals surface area contributed by atoms with Crippen LogP contribution in [0.4, 0.5) is 23.2 Å². The van der Waals surface area contributed by atoms with Crippen molar-refractivity contribution >= 4 is 28.4 Å². The summed E-state index contributed by atoms with van der Waals surface area (Å²) in [5.74, 6) is -2.33. The third kappa shape index (κ3) is 4.55. The lowest BCUT2D eigenvalue weighted by Gasteiger charge is -2.39. The van der Waals surface area contributed by atoms with Crippen LogP contribution in [0.1, 0.15) is 22.0 Å². The maximum Gasteiger partial charge on any atom is 0.416 e. The lowest BCUT2D eigenvalue weighted by Crippen LogP contribution is -2.51. The molecule has 7 nitrogen and oxygen atoms in total. The van der Waals surface area contributed by atoms with E-state index in [2.05, 4.69) is 22.0 Å². The first-order valence-corrected chi connectivity index (χ1v) is 11.2. The van der Waals surface area contributed by atoms with E-state index in [1.807, 2.05) is 0 Å². The number of hydrogen-bond donors (Lipinski definition) is 1. The highest BCUT2D eigenvalue weighted by Gasteiger charge is 2.36. The molecule has 1 fully saturated rings. The molecule has 2 aromatic heterocycles. The summed E-state index contributed by atoms with van der Waals surface area (Å²) in [4.78, 5) is 30.4. The largest absolute Gasteiger partial charge is 0.416 e. The number of carbonyl (C=O) groups is 2. The second kappa shape index (κ2) is 9.16. The number of amides is 2. The number of pyridine rings is 1. The molecule has 1 aliphatic rings. The number of nitrogens with one attached hydrogen (secondary N) is 1. The third-order valence-electron chi connectivity index (χ3n) is 6.12. The summed E-state index contributed by atoms with van der Waals surface area (Å²) in [5.41, 5.74) is 1.25. The Hall–Kier alpha value is -4.54. The Balaban J connectivity index is 1.59. The zero-order chi connectivity index (χ0) is 26.3. The van der Waals surface area contributed by atoms with Crippen LogP contribution >= 0.6 is 0 Å². The molecule has 37 heavy (non-hydrogen) atoms. The molecule has 0 saturated carbocycles. The Bertz CT molecular complexity index is 1510. The molecule has 0 spiro atoms. The van der Waals surface area contributed by atoms with E-state index in [0.717, 1.165) is 12.1 Å². The van der Waals surface area contributed by atoms with Gasteiger partial charge >= 0.3 is 6.18 Å². The summed E-state index contributed by atoms with van der Waals surface area (Å²) in [5, 5.41) is 7.99. The molecule has 3 heterocycles. The molecule has 0 atom stereocenters. The van der Waals surface area contributed by atoms with Gasteiger partial charge in [-0.15, -0.1) is 0 Å². The minimum absolute atomic E-state index is 0.130. The van der Waals surface area contributed by atoms with Gasteiger partial charge in [0.15, 0.2) is 5.83 Å². The van der Waals surface area contributed by atoms with Gasteiger partial charge in [-0.05, 0) is 30.3 Å². The number of halogens is 4. The van der Waals surface area contributed by atoms with E-state index in [1.165, 1.54) is 29.4 Å². The van der Waals surface area contributed by atoms with Gasteiger partial charge in [0.2, 0.25) is 0 Å². The molecule has 2 amide bonds. The van der Waals surface area contributed by atoms with Gasteiger partial charge in [-0.2, -0.15) is 18.3 Å². The van der Waals surface area contributed by atoms with E-state index in [-0.39, 0.29) is 24.7 Å². The average Bonchev–Trinajstić information content (AvgIpc) is 3.22. The maximum absolute atomic E-state index is 13.3. The van der Waals surface area contributed by atoms with Crippen LogP contribution in [-0.2, 0) is 11.0 Å². The molecule has 0 bridgehead atoms. The predicted octanol–water partition coefficient (Wildman–Crippen LogP) is 5.24. The van der Waals surface area contributed by atoms with Crippen molar-refractivity contribution < 1.29 is 27.2 Å². The molecular weight excluding hydrogens is 490 g/mol. The van der Waals surface area contributed by atoms with Crippen LogP contribution in [0.5, 0.6) is 0 Å². The molecule has 4 aromatic rings. The second-order valence-electron chi connectivity index (χ2n) is 8.53. The minimum Gasteiger partial charge on any atom is -0.332 e. The van der Waals surface area contributed by atoms with Crippen molar-refractivity contribution in [3.05, 3.63) is 90.5 Å². The summed E-state index contributed by atoms with van der Waals surface area (Å²) >= 11 is 0. The van der Waals surface area contributed by atoms with Gasteiger partial charge in [-0.3, -0.25) is 19.3 Å². The van der Waals surface area contributed by atoms with Gasteiger partial charge in [-0.25, -0.2) is 4.39 Å². The zero-order valence-electron chi connectivity index (χ0n) is 19.2. The van der Waals surface area contributed by atoms with Crippen LogP contribution in [0.3, 0.4) is 0 Å². The highest BCUT2D eigenvalue weighted by Crippen LogP contribution is 2.36. The van der Waals surface area contributed by atoms with Crippen LogP contribution in [0.15, 0.2) is 79.4 Å². The summed E-state index contributed by atoms with van der Waals surface area (Å²) in [6, 6.07) is 12.4. The Labute approximate surface area is 208 Å². The highest BCUT2D eigenvalue weighted by molar-refractivity contribution is 6.13. The highest BCUT2D eigenvalue weighted by atomic mass is 19.4. The molecule has 0 unspecified atom stereocenters. The number of hydrogen-bond acceptors (Lipinski definition) is 4. The van der Waals surface area contributed by atoms with Crippen LogP contribution in [0.2, 0.25) is 0 Å². The molecular formula is C26H19F4N5O2. The molecule has 11 heteroatoms. The molecule has 1 N–H and O–H groups in total. The molecule has 2 aromatic carbocycles. The van der Waals surface area contributed by atoms with E-state index in [1.54, 1.807) is 35.0 Å². The molecule has 188 valence electrons. The van der Waals surface area contributed by atoms with Gasteiger partial charge in [0, 0.05) is 42.1 Å². The van der Waals surface area contributed by atoms with E-state index in [9.17, 15) is 27.2 Å². The first-order valence-electron chi connectivity index (χ1n) is 11.2. The zero-order valence-corrected chi connectivity index (χ0v) is 19.2. The fourth-order valence-corrected chi connectivity index (χ4v) is 4.25. The number of fused-ring (bicyclic) bond motifs is 1. The topological polar surface area (TPSA) is 80.1 Å². The van der Waals surface area contributed by atoms with Crippen LogP contribution in [0.25, 0.3) is 22.2 Å². The fourth-order valence-electron chi connectivity index (χ4n) is 4.25. The fraction of sp³-hybridized carbons (Fsp3) is 0.154. The Morgan fingerprint density at radius 3 is 2.30 bits per heavy atom. The number of rotatable bonds is 5. The Morgan fingerprint density at radius 2 is 1.68 bits per heavy atom. The monoisotopic (exact) mass is 509 g/mol. The lowest BCUT2D eigenvalue weighted by molar-refractivity contribution is -0.137. The number of carbonyl (C=O) groups excluding carboxylic acids is 2. The number of alkyl halides is 3. The van der Waals surface area contributed by atoms with E-state index >= 15 is 0 Å². The van der Waals surface area contributed by atoms with Crippen molar-refractivity contribution in [1.82, 2.24) is 19.7 Å². The SMILES string of the molecule is C=C(F)C(=O)N1CC(n2nc(-c3ccc(C(F)(F)F)cc3)c3cccc(C(=O)Nc4ccncc4)c32)C1. The summed E-state index contributed by atoms with van der Waals surface area (Å²) < 4.78 is 54.2. The first kappa shape index (κ1) is 24.2. The van der Waals surface area contributed by atoms with Crippen LogP contribution in [-0.4, -0.2) is 44.6 Å². The lowest BCUT2D eigenvalue weighted by atomic mass is 10.0. The van der Waals surface area contributed by atoms with E-state index in [0.29, 0.717) is 27.8 Å². The standard InChI is InChI=1S/C26H19F4N5O2/c1-15(27)25(37)34-13-19(14-34)35-23-20(22(33-35)16-5-7-17(8-6-16)26(28,29)30)3-2-4-21(23)24(36)32-18-9-11-31-12-10-18/h2-12,19H,1,13-14H2,(H,31,32,36). The molecule has 0 radical (unpaired) electrons. The number of aromatic nitrogens is 3. The first-order chi connectivity index (χ1) is 17.6. The molecule has 1 aliphatic heterocycles. The summed E-state index contributed by atoms with van der Waals surface area (Å²) in [7, 11) is 0. The van der Waals surface area contributed by atoms with Crippen molar-refractivity contribution in [1.29, 1.82) is 0 Å².